The Morgan fingerprint density at radius 2 is 1.66 bits per heavy atom. The smallest absolute Gasteiger partial charge is 0.258 e. The number of rotatable bonds is 7. The van der Waals surface area contributed by atoms with Crippen molar-refractivity contribution < 1.29 is 4.79 Å². The molecule has 0 aliphatic heterocycles. The van der Waals surface area contributed by atoms with Gasteiger partial charge in [0, 0.05) is 12.8 Å². The second-order valence-electron chi connectivity index (χ2n) is 8.82. The second kappa shape index (κ2) is 9.80. The number of fused-ring (bicyclic) bond motifs is 2. The summed E-state index contributed by atoms with van der Waals surface area (Å²) < 4.78 is 1.04. The van der Waals surface area contributed by atoms with E-state index >= 15 is 0 Å². The molecule has 1 amide bonds. The van der Waals surface area contributed by atoms with E-state index in [9.17, 15) is 9.59 Å². The van der Waals surface area contributed by atoms with E-state index in [4.69, 9.17) is 4.98 Å². The van der Waals surface area contributed by atoms with Crippen LogP contribution in [-0.2, 0) is 11.2 Å². The van der Waals surface area contributed by atoms with Gasteiger partial charge in [0.1, 0.15) is 5.82 Å². The lowest BCUT2D eigenvalue weighted by Crippen LogP contribution is -2.25. The first-order chi connectivity index (χ1) is 17.0. The molecular formula is C28H26N4O2S. The van der Waals surface area contributed by atoms with E-state index in [1.165, 1.54) is 16.9 Å². The first-order valence-corrected chi connectivity index (χ1v) is 12.6. The summed E-state index contributed by atoms with van der Waals surface area (Å²) >= 11 is 1.51. The molecule has 0 unspecified atom stereocenters. The van der Waals surface area contributed by atoms with Crippen LogP contribution in [-0.4, -0.2) is 20.9 Å². The number of benzene rings is 3. The van der Waals surface area contributed by atoms with Crippen molar-refractivity contribution in [2.24, 2.45) is 0 Å². The highest BCUT2D eigenvalue weighted by atomic mass is 32.1. The molecule has 0 saturated heterocycles. The van der Waals surface area contributed by atoms with Gasteiger partial charge < -0.3 is 4.98 Å². The maximum atomic E-state index is 13.5. The van der Waals surface area contributed by atoms with E-state index in [1.807, 2.05) is 54.6 Å². The maximum Gasteiger partial charge on any atom is 0.258 e. The van der Waals surface area contributed by atoms with Crippen molar-refractivity contribution in [2.45, 2.75) is 39.0 Å². The Hall–Kier alpha value is -3.84. The molecule has 0 spiro atoms. The normalized spacial score (nSPS) is 11.4. The molecule has 0 bridgehead atoms. The van der Waals surface area contributed by atoms with Gasteiger partial charge in [0.05, 0.1) is 26.8 Å². The molecule has 0 fully saturated rings. The van der Waals surface area contributed by atoms with E-state index in [0.717, 1.165) is 15.9 Å². The summed E-state index contributed by atoms with van der Waals surface area (Å²) in [5.41, 5.74) is 3.41. The van der Waals surface area contributed by atoms with E-state index in [1.54, 1.807) is 11.0 Å². The number of H-pyrrole nitrogens is 1. The van der Waals surface area contributed by atoms with Crippen LogP contribution in [0.2, 0.25) is 0 Å². The Bertz CT molecular complexity index is 1520. The molecule has 5 rings (SSSR count). The molecule has 176 valence electrons. The van der Waals surface area contributed by atoms with Crippen molar-refractivity contribution in [1.82, 2.24) is 15.0 Å². The van der Waals surface area contributed by atoms with Gasteiger partial charge in [-0.15, -0.1) is 0 Å². The lowest BCUT2D eigenvalue weighted by Gasteiger charge is -2.21. The molecule has 0 saturated carbocycles. The SMILES string of the molecule is CC(C)c1ccc(N(C(=O)CCCc2nc3ccccc3c(=O)[nH]2)c2nc3ccccc3s2)cc1. The molecule has 0 aliphatic carbocycles. The second-order valence-corrected chi connectivity index (χ2v) is 9.83. The van der Waals surface area contributed by atoms with Crippen molar-refractivity contribution in [3.05, 3.63) is 94.5 Å². The van der Waals surface area contributed by atoms with Gasteiger partial charge in [0.25, 0.3) is 5.56 Å². The van der Waals surface area contributed by atoms with Crippen molar-refractivity contribution >= 4 is 49.2 Å². The Balaban J connectivity index is 1.39. The topological polar surface area (TPSA) is 79.0 Å². The summed E-state index contributed by atoms with van der Waals surface area (Å²) in [7, 11) is 0. The summed E-state index contributed by atoms with van der Waals surface area (Å²) in [5, 5.41) is 1.23. The van der Waals surface area contributed by atoms with Crippen LogP contribution in [0.5, 0.6) is 0 Å². The lowest BCUT2D eigenvalue weighted by molar-refractivity contribution is -0.118. The molecule has 6 nitrogen and oxygen atoms in total. The summed E-state index contributed by atoms with van der Waals surface area (Å²) in [6.45, 7) is 4.30. The van der Waals surface area contributed by atoms with Gasteiger partial charge in [-0.25, -0.2) is 9.97 Å². The number of amides is 1. The average molecular weight is 483 g/mol. The molecule has 2 heterocycles. The molecule has 2 aromatic heterocycles. The summed E-state index contributed by atoms with van der Waals surface area (Å²) in [5.74, 6) is 0.964. The molecule has 0 radical (unpaired) electrons. The van der Waals surface area contributed by atoms with Crippen LogP contribution in [0.15, 0.2) is 77.6 Å². The highest BCUT2D eigenvalue weighted by Gasteiger charge is 2.22. The van der Waals surface area contributed by atoms with E-state index < -0.39 is 0 Å². The van der Waals surface area contributed by atoms with Crippen molar-refractivity contribution in [3.8, 4) is 0 Å². The Labute approximate surface area is 207 Å². The van der Waals surface area contributed by atoms with Gasteiger partial charge in [0.2, 0.25) is 5.91 Å². The molecule has 7 heteroatoms. The predicted octanol–water partition coefficient (Wildman–Crippen LogP) is 6.34. The minimum Gasteiger partial charge on any atom is -0.310 e. The zero-order chi connectivity index (χ0) is 24.4. The number of nitrogens with one attached hydrogen (secondary N) is 1. The Morgan fingerprint density at radius 1 is 0.943 bits per heavy atom. The summed E-state index contributed by atoms with van der Waals surface area (Å²) in [4.78, 5) is 39.7. The number of carbonyl (C=O) groups is 1. The van der Waals surface area contributed by atoms with Crippen LogP contribution in [0, 0.1) is 0 Å². The highest BCUT2D eigenvalue weighted by molar-refractivity contribution is 7.22. The van der Waals surface area contributed by atoms with Crippen LogP contribution < -0.4 is 10.5 Å². The van der Waals surface area contributed by atoms with E-state index in [0.29, 0.717) is 47.0 Å². The molecular weight excluding hydrogens is 456 g/mol. The maximum absolute atomic E-state index is 13.5. The number of anilines is 2. The van der Waals surface area contributed by atoms with Gasteiger partial charge >= 0.3 is 0 Å². The predicted molar refractivity (Wildman–Crippen MR) is 143 cm³/mol. The quantitative estimate of drug-likeness (QED) is 0.293. The standard InChI is InChI=1S/C28H26N4O2S/c1-18(2)19-14-16-20(17-15-19)32(28-30-23-10-5-6-11-24(23)35-28)26(33)13-7-12-25-29-22-9-4-3-8-21(22)27(34)31-25/h3-6,8-11,14-18H,7,12-13H2,1-2H3,(H,29,31,34). The molecule has 0 atom stereocenters. The first-order valence-electron chi connectivity index (χ1n) is 11.8. The average Bonchev–Trinajstić information content (AvgIpc) is 3.28. The van der Waals surface area contributed by atoms with Crippen LogP contribution in [0.4, 0.5) is 10.8 Å². The Kier molecular flexibility index (Phi) is 6.42. The number of aromatic nitrogens is 3. The minimum atomic E-state index is -0.154. The third-order valence-electron chi connectivity index (χ3n) is 6.01. The van der Waals surface area contributed by atoms with Crippen LogP contribution in [0.3, 0.4) is 0 Å². The molecule has 1 N–H and O–H groups in total. The summed E-state index contributed by atoms with van der Waals surface area (Å²) in [6, 6.07) is 23.3. The van der Waals surface area contributed by atoms with Gasteiger partial charge in [-0.05, 0) is 54.3 Å². The monoisotopic (exact) mass is 482 g/mol. The number of carbonyl (C=O) groups excluding carboxylic acids is 1. The fourth-order valence-electron chi connectivity index (χ4n) is 4.10. The van der Waals surface area contributed by atoms with Gasteiger partial charge in [-0.2, -0.15) is 0 Å². The fraction of sp³-hybridized carbons (Fsp3) is 0.214. The number of para-hydroxylation sites is 2. The molecule has 3 aromatic carbocycles. The third kappa shape index (κ3) is 4.86. The lowest BCUT2D eigenvalue weighted by atomic mass is 10.0. The van der Waals surface area contributed by atoms with Crippen molar-refractivity contribution in [1.29, 1.82) is 0 Å². The number of hydrogen-bond acceptors (Lipinski definition) is 5. The number of thiazole rings is 1. The van der Waals surface area contributed by atoms with Crippen LogP contribution >= 0.6 is 11.3 Å². The number of hydrogen-bond donors (Lipinski definition) is 1. The fourth-order valence-corrected chi connectivity index (χ4v) is 5.10. The van der Waals surface area contributed by atoms with E-state index in [-0.39, 0.29) is 11.5 Å². The number of aromatic amines is 1. The number of aryl methyl sites for hydroxylation is 1. The minimum absolute atomic E-state index is 0.0375. The summed E-state index contributed by atoms with van der Waals surface area (Å²) in [6.07, 6.45) is 1.37. The Morgan fingerprint density at radius 3 is 2.40 bits per heavy atom. The van der Waals surface area contributed by atoms with Crippen molar-refractivity contribution in [3.63, 3.8) is 0 Å². The first kappa shape index (κ1) is 22.9. The molecule has 0 aliphatic rings. The molecule has 5 aromatic rings. The van der Waals surface area contributed by atoms with Crippen LogP contribution in [0.25, 0.3) is 21.1 Å². The van der Waals surface area contributed by atoms with Gasteiger partial charge in [-0.3, -0.25) is 14.5 Å². The van der Waals surface area contributed by atoms with Gasteiger partial charge in [0.15, 0.2) is 5.13 Å². The van der Waals surface area contributed by atoms with E-state index in [2.05, 4.69) is 35.9 Å². The van der Waals surface area contributed by atoms with Crippen LogP contribution in [0.1, 0.15) is 44.0 Å². The van der Waals surface area contributed by atoms with Crippen molar-refractivity contribution in [2.75, 3.05) is 4.90 Å². The zero-order valence-electron chi connectivity index (χ0n) is 19.7. The largest absolute Gasteiger partial charge is 0.310 e. The highest BCUT2D eigenvalue weighted by Crippen LogP contribution is 2.34. The molecule has 35 heavy (non-hydrogen) atoms. The third-order valence-corrected chi connectivity index (χ3v) is 7.03. The number of nitrogens with zero attached hydrogens (tertiary/aromatic N) is 3. The van der Waals surface area contributed by atoms with Gasteiger partial charge in [-0.1, -0.05) is 61.6 Å². The zero-order valence-corrected chi connectivity index (χ0v) is 20.5.